The van der Waals surface area contributed by atoms with Gasteiger partial charge in [0.1, 0.15) is 0 Å². The van der Waals surface area contributed by atoms with E-state index in [9.17, 15) is 0 Å². The number of allylic oxidation sites excluding steroid dienone is 1. The molecule has 2 heteroatoms. The molecule has 0 spiro atoms. The van der Waals surface area contributed by atoms with E-state index in [-0.39, 0.29) is 0 Å². The van der Waals surface area contributed by atoms with Crippen LogP contribution in [0.4, 0.5) is 5.69 Å². The third-order valence-electron chi connectivity index (χ3n) is 2.70. The average Bonchev–Trinajstić information content (AvgIpc) is 2.19. The zero-order valence-corrected chi connectivity index (χ0v) is 8.29. The summed E-state index contributed by atoms with van der Waals surface area (Å²) in [7, 11) is 0. The first-order chi connectivity index (χ1) is 6.81. The number of fused-ring (bicyclic) bond motifs is 1. The maximum atomic E-state index is 5.78. The standard InChI is InChI=1S/C12H16N2/c13-7-6-10-3-1-2-9-4-5-11(14)8-12(9)10/h3-5,8H,1-2,6-7,13-14H2. The van der Waals surface area contributed by atoms with Crippen molar-refractivity contribution in [2.45, 2.75) is 19.3 Å². The fraction of sp³-hybridized carbons (Fsp3) is 0.333. The number of hydrogen-bond donors (Lipinski definition) is 2. The van der Waals surface area contributed by atoms with E-state index < -0.39 is 0 Å². The lowest BCUT2D eigenvalue weighted by molar-refractivity contribution is 0.940. The number of nitrogens with two attached hydrogens (primary N) is 2. The van der Waals surface area contributed by atoms with Crippen LogP contribution in [0.5, 0.6) is 0 Å². The van der Waals surface area contributed by atoms with Gasteiger partial charge in [-0.15, -0.1) is 0 Å². The van der Waals surface area contributed by atoms with Crippen molar-refractivity contribution in [3.63, 3.8) is 0 Å². The van der Waals surface area contributed by atoms with Gasteiger partial charge in [-0.05, 0) is 54.6 Å². The molecule has 0 saturated heterocycles. The van der Waals surface area contributed by atoms with Crippen LogP contribution in [0.25, 0.3) is 5.57 Å². The molecule has 0 amide bonds. The van der Waals surface area contributed by atoms with Crippen LogP contribution in [0.1, 0.15) is 24.0 Å². The summed E-state index contributed by atoms with van der Waals surface area (Å²) in [5.41, 5.74) is 16.3. The Morgan fingerprint density at radius 2 is 2.14 bits per heavy atom. The quantitative estimate of drug-likeness (QED) is 0.697. The lowest BCUT2D eigenvalue weighted by Crippen LogP contribution is -2.05. The smallest absolute Gasteiger partial charge is 0.0320 e. The Hall–Kier alpha value is -1.28. The molecule has 0 aliphatic heterocycles. The van der Waals surface area contributed by atoms with E-state index in [0.29, 0.717) is 6.54 Å². The molecule has 0 fully saturated rings. The summed E-state index contributed by atoms with van der Waals surface area (Å²) in [6.07, 6.45) is 5.50. The molecular formula is C12H16N2. The molecule has 14 heavy (non-hydrogen) atoms. The van der Waals surface area contributed by atoms with Gasteiger partial charge in [0.15, 0.2) is 0 Å². The average molecular weight is 188 g/mol. The van der Waals surface area contributed by atoms with Gasteiger partial charge in [-0.25, -0.2) is 0 Å². The highest BCUT2D eigenvalue weighted by Crippen LogP contribution is 2.29. The summed E-state index contributed by atoms with van der Waals surface area (Å²) in [6.45, 7) is 0.708. The first-order valence-corrected chi connectivity index (χ1v) is 5.09. The Morgan fingerprint density at radius 1 is 1.29 bits per heavy atom. The van der Waals surface area contributed by atoms with Crippen LogP contribution in [0.2, 0.25) is 0 Å². The van der Waals surface area contributed by atoms with E-state index in [4.69, 9.17) is 11.5 Å². The summed E-state index contributed by atoms with van der Waals surface area (Å²) in [5.74, 6) is 0. The van der Waals surface area contributed by atoms with E-state index in [0.717, 1.165) is 24.9 Å². The summed E-state index contributed by atoms with van der Waals surface area (Å²) in [5, 5.41) is 0. The molecule has 0 saturated carbocycles. The highest BCUT2D eigenvalue weighted by Gasteiger charge is 2.11. The van der Waals surface area contributed by atoms with Gasteiger partial charge in [-0.1, -0.05) is 12.1 Å². The van der Waals surface area contributed by atoms with E-state index in [2.05, 4.69) is 18.2 Å². The predicted molar refractivity (Wildman–Crippen MR) is 60.8 cm³/mol. The highest BCUT2D eigenvalue weighted by atomic mass is 14.5. The van der Waals surface area contributed by atoms with E-state index in [1.165, 1.54) is 16.7 Å². The monoisotopic (exact) mass is 188 g/mol. The van der Waals surface area contributed by atoms with E-state index in [1.807, 2.05) is 6.07 Å². The van der Waals surface area contributed by atoms with Crippen molar-refractivity contribution < 1.29 is 0 Å². The summed E-state index contributed by atoms with van der Waals surface area (Å²) in [6, 6.07) is 6.17. The topological polar surface area (TPSA) is 52.0 Å². The number of rotatable bonds is 2. The molecule has 2 nitrogen and oxygen atoms in total. The molecule has 74 valence electrons. The zero-order valence-electron chi connectivity index (χ0n) is 8.29. The number of anilines is 1. The molecule has 0 unspecified atom stereocenters. The van der Waals surface area contributed by atoms with Crippen molar-refractivity contribution in [3.05, 3.63) is 35.4 Å². The van der Waals surface area contributed by atoms with Crippen molar-refractivity contribution in [2.24, 2.45) is 5.73 Å². The third-order valence-corrected chi connectivity index (χ3v) is 2.70. The Labute approximate surface area is 84.6 Å². The number of nitrogen functional groups attached to an aromatic ring is 1. The largest absolute Gasteiger partial charge is 0.399 e. The second-order valence-electron chi connectivity index (χ2n) is 3.72. The normalized spacial score (nSPS) is 14.8. The lowest BCUT2D eigenvalue weighted by Gasteiger charge is -2.17. The molecule has 0 bridgehead atoms. The minimum absolute atomic E-state index is 0.708. The maximum Gasteiger partial charge on any atom is 0.0320 e. The second-order valence-corrected chi connectivity index (χ2v) is 3.72. The molecule has 1 aromatic carbocycles. The van der Waals surface area contributed by atoms with Crippen LogP contribution in [-0.4, -0.2) is 6.54 Å². The fourth-order valence-corrected chi connectivity index (χ4v) is 2.02. The maximum absolute atomic E-state index is 5.78. The molecule has 1 aliphatic rings. The molecule has 0 radical (unpaired) electrons. The highest BCUT2D eigenvalue weighted by molar-refractivity contribution is 5.72. The van der Waals surface area contributed by atoms with Gasteiger partial charge in [0.2, 0.25) is 0 Å². The first-order valence-electron chi connectivity index (χ1n) is 5.09. The predicted octanol–water partition coefficient (Wildman–Crippen LogP) is 1.95. The van der Waals surface area contributed by atoms with Crippen LogP contribution in [0, 0.1) is 0 Å². The number of benzene rings is 1. The van der Waals surface area contributed by atoms with E-state index in [1.54, 1.807) is 0 Å². The third kappa shape index (κ3) is 1.66. The summed E-state index contributed by atoms with van der Waals surface area (Å²) < 4.78 is 0. The lowest BCUT2D eigenvalue weighted by atomic mass is 9.89. The van der Waals surface area contributed by atoms with Crippen LogP contribution in [0.15, 0.2) is 24.3 Å². The molecule has 1 aromatic rings. The first kappa shape index (κ1) is 9.28. The molecule has 0 atom stereocenters. The Bertz CT molecular complexity index is 367. The molecule has 4 N–H and O–H groups in total. The second kappa shape index (κ2) is 3.84. The van der Waals surface area contributed by atoms with Crippen molar-refractivity contribution >= 4 is 11.3 Å². The number of hydrogen-bond acceptors (Lipinski definition) is 2. The fourth-order valence-electron chi connectivity index (χ4n) is 2.02. The van der Waals surface area contributed by atoms with Crippen molar-refractivity contribution in [1.82, 2.24) is 0 Å². The molecule has 0 heterocycles. The molecule has 0 aromatic heterocycles. The van der Waals surface area contributed by atoms with Crippen LogP contribution < -0.4 is 11.5 Å². The van der Waals surface area contributed by atoms with Crippen molar-refractivity contribution in [3.8, 4) is 0 Å². The SMILES string of the molecule is NCCC1=CCCc2ccc(N)cc21. The summed E-state index contributed by atoms with van der Waals surface area (Å²) in [4.78, 5) is 0. The Kier molecular flexibility index (Phi) is 2.55. The van der Waals surface area contributed by atoms with Gasteiger partial charge in [0.05, 0.1) is 0 Å². The number of aryl methyl sites for hydroxylation is 1. The van der Waals surface area contributed by atoms with Crippen molar-refractivity contribution in [1.29, 1.82) is 0 Å². The van der Waals surface area contributed by atoms with Crippen LogP contribution in [-0.2, 0) is 6.42 Å². The minimum atomic E-state index is 0.708. The van der Waals surface area contributed by atoms with Gasteiger partial charge in [-0.3, -0.25) is 0 Å². The Balaban J connectivity index is 2.40. The van der Waals surface area contributed by atoms with Crippen molar-refractivity contribution in [2.75, 3.05) is 12.3 Å². The molecule has 2 rings (SSSR count). The van der Waals surface area contributed by atoms with Gasteiger partial charge in [-0.2, -0.15) is 0 Å². The van der Waals surface area contributed by atoms with Crippen LogP contribution in [0.3, 0.4) is 0 Å². The Morgan fingerprint density at radius 3 is 2.93 bits per heavy atom. The van der Waals surface area contributed by atoms with Gasteiger partial charge in [0, 0.05) is 5.69 Å². The molecule has 1 aliphatic carbocycles. The van der Waals surface area contributed by atoms with Gasteiger partial charge in [0.25, 0.3) is 0 Å². The minimum Gasteiger partial charge on any atom is -0.399 e. The summed E-state index contributed by atoms with van der Waals surface area (Å²) >= 11 is 0. The van der Waals surface area contributed by atoms with Gasteiger partial charge >= 0.3 is 0 Å². The van der Waals surface area contributed by atoms with E-state index >= 15 is 0 Å². The van der Waals surface area contributed by atoms with Crippen LogP contribution >= 0.6 is 0 Å². The molecular weight excluding hydrogens is 172 g/mol. The van der Waals surface area contributed by atoms with Gasteiger partial charge < -0.3 is 11.5 Å². The zero-order chi connectivity index (χ0) is 9.97.